The zero-order valence-corrected chi connectivity index (χ0v) is 17.3. The molecule has 0 radical (unpaired) electrons. The van der Waals surface area contributed by atoms with E-state index in [-0.39, 0.29) is 11.3 Å². The van der Waals surface area contributed by atoms with E-state index in [0.29, 0.717) is 41.3 Å². The van der Waals surface area contributed by atoms with Crippen molar-refractivity contribution in [2.24, 2.45) is 46.8 Å². The van der Waals surface area contributed by atoms with Crippen LogP contribution in [0.3, 0.4) is 0 Å². The van der Waals surface area contributed by atoms with E-state index in [4.69, 9.17) is 5.11 Å². The monoisotopic (exact) mass is 396 g/mol. The molecule has 0 amide bonds. The lowest BCUT2D eigenvalue weighted by Crippen LogP contribution is -2.54. The first-order chi connectivity index (χ1) is 13.8. The average molecular weight is 397 g/mol. The molecule has 0 aromatic carbocycles. The summed E-state index contributed by atoms with van der Waals surface area (Å²) in [6, 6.07) is 0. The molecule has 5 fully saturated rings. The van der Waals surface area contributed by atoms with E-state index in [9.17, 15) is 14.7 Å². The molecule has 29 heavy (non-hydrogen) atoms. The molecule has 0 saturated heterocycles. The van der Waals surface area contributed by atoms with Gasteiger partial charge in [0.2, 0.25) is 0 Å². The van der Waals surface area contributed by atoms with Gasteiger partial charge < -0.3 is 10.2 Å². The number of carbonyl (C=O) groups excluding carboxylic acids is 1. The quantitative estimate of drug-likeness (QED) is 0.703. The van der Waals surface area contributed by atoms with E-state index in [0.717, 1.165) is 44.9 Å². The largest absolute Gasteiger partial charge is 0.478 e. The normalized spacial score (nSPS) is 50.8. The van der Waals surface area contributed by atoms with Crippen LogP contribution in [0.25, 0.3) is 0 Å². The van der Waals surface area contributed by atoms with E-state index in [1.807, 2.05) is 0 Å². The van der Waals surface area contributed by atoms with Crippen LogP contribution in [0, 0.1) is 46.8 Å². The Balaban J connectivity index is 1.34. The highest BCUT2D eigenvalue weighted by atomic mass is 16.4. The van der Waals surface area contributed by atoms with Crippen LogP contribution in [0.2, 0.25) is 0 Å². The first-order valence-electron chi connectivity index (χ1n) is 11.8. The molecule has 5 saturated carbocycles. The van der Waals surface area contributed by atoms with Gasteiger partial charge in [0, 0.05) is 17.9 Å². The summed E-state index contributed by atoms with van der Waals surface area (Å²) in [5.41, 5.74) is 1.59. The first kappa shape index (κ1) is 18.4. The highest BCUT2D eigenvalue weighted by Crippen LogP contribution is 2.76. The third-order valence-corrected chi connectivity index (χ3v) is 10.0. The fourth-order valence-electron chi connectivity index (χ4n) is 8.74. The highest BCUT2D eigenvalue weighted by molar-refractivity contribution is 5.98. The van der Waals surface area contributed by atoms with Crippen LogP contribution in [0.1, 0.15) is 64.7 Å². The summed E-state index contributed by atoms with van der Waals surface area (Å²) >= 11 is 0. The molecule has 156 valence electrons. The van der Waals surface area contributed by atoms with Crippen molar-refractivity contribution >= 4 is 11.8 Å². The summed E-state index contributed by atoms with van der Waals surface area (Å²) in [4.78, 5) is 23.8. The molecule has 6 aliphatic carbocycles. The molecule has 0 bridgehead atoms. The molecule has 0 aromatic rings. The number of ketones is 1. The molecule has 4 heteroatoms. The van der Waals surface area contributed by atoms with E-state index < -0.39 is 11.6 Å². The van der Waals surface area contributed by atoms with Gasteiger partial charge in [-0.3, -0.25) is 4.79 Å². The number of hydrogen-bond donors (Lipinski definition) is 2. The number of allylic oxidation sites excluding steroid dienone is 1. The van der Waals surface area contributed by atoms with Crippen molar-refractivity contribution in [2.75, 3.05) is 0 Å². The summed E-state index contributed by atoms with van der Waals surface area (Å²) in [5.74, 6) is 3.19. The Kier molecular flexibility index (Phi) is 3.70. The van der Waals surface area contributed by atoms with Gasteiger partial charge in [0.15, 0.2) is 5.78 Å². The number of rotatable bonds is 3. The minimum absolute atomic E-state index is 0.210. The van der Waals surface area contributed by atoms with E-state index >= 15 is 0 Å². The Morgan fingerprint density at radius 1 is 1.07 bits per heavy atom. The van der Waals surface area contributed by atoms with Gasteiger partial charge in [-0.05, 0) is 104 Å². The molecule has 4 nitrogen and oxygen atoms in total. The molecule has 0 heterocycles. The maximum Gasteiger partial charge on any atom is 0.328 e. The van der Waals surface area contributed by atoms with E-state index in [1.165, 1.54) is 30.1 Å². The molecule has 0 spiro atoms. The van der Waals surface area contributed by atoms with Crippen molar-refractivity contribution in [3.05, 3.63) is 23.3 Å². The van der Waals surface area contributed by atoms with Crippen molar-refractivity contribution in [1.82, 2.24) is 0 Å². The standard InChI is InChI=1S/C25H32O4/c1-24-10-8-15-14-6-7-20(26)22(13-2-3-13)16(14)4-5-17(15)23(24)18-12-19(18)25(24,29)11-9-21(27)28/h9,11,13-15,17-19,23,29H,2-8,10,12H2,1H3,(H,27,28)/b11-9-/t14-,15-,17-,18+,19-,23-,24+,25+/m1/s1. The van der Waals surface area contributed by atoms with Gasteiger partial charge in [0.1, 0.15) is 0 Å². The Labute approximate surface area is 172 Å². The Morgan fingerprint density at radius 3 is 2.59 bits per heavy atom. The topological polar surface area (TPSA) is 74.6 Å². The minimum Gasteiger partial charge on any atom is -0.478 e. The number of carboxylic acids is 1. The number of Topliss-reactive ketones (excluding diaryl/α,β-unsaturated/α-hetero) is 1. The summed E-state index contributed by atoms with van der Waals surface area (Å²) in [5, 5.41) is 20.8. The molecular formula is C25H32O4. The Morgan fingerprint density at radius 2 is 1.86 bits per heavy atom. The van der Waals surface area contributed by atoms with Crippen LogP contribution >= 0.6 is 0 Å². The smallest absolute Gasteiger partial charge is 0.328 e. The third-order valence-electron chi connectivity index (χ3n) is 10.0. The van der Waals surface area contributed by atoms with Gasteiger partial charge in [-0.1, -0.05) is 12.5 Å². The van der Waals surface area contributed by atoms with Crippen LogP contribution < -0.4 is 0 Å². The zero-order valence-electron chi connectivity index (χ0n) is 17.3. The second kappa shape index (κ2) is 5.84. The van der Waals surface area contributed by atoms with Gasteiger partial charge >= 0.3 is 5.97 Å². The third kappa shape index (κ3) is 2.35. The Hall–Kier alpha value is -1.42. The van der Waals surface area contributed by atoms with E-state index in [2.05, 4.69) is 6.92 Å². The predicted molar refractivity (Wildman–Crippen MR) is 108 cm³/mol. The second-order valence-electron chi connectivity index (χ2n) is 11.1. The van der Waals surface area contributed by atoms with Crippen molar-refractivity contribution in [3.63, 3.8) is 0 Å². The number of aliphatic carboxylic acids is 1. The minimum atomic E-state index is -0.969. The maximum atomic E-state index is 12.6. The van der Waals surface area contributed by atoms with Gasteiger partial charge in [-0.15, -0.1) is 0 Å². The summed E-state index contributed by atoms with van der Waals surface area (Å²) < 4.78 is 0. The zero-order chi connectivity index (χ0) is 20.1. The predicted octanol–water partition coefficient (Wildman–Crippen LogP) is 4.14. The summed E-state index contributed by atoms with van der Waals surface area (Å²) in [6.45, 7) is 2.23. The summed E-state index contributed by atoms with van der Waals surface area (Å²) in [6.07, 6.45) is 12.3. The van der Waals surface area contributed by atoms with Crippen molar-refractivity contribution in [1.29, 1.82) is 0 Å². The molecule has 0 aromatic heterocycles. The highest BCUT2D eigenvalue weighted by Gasteiger charge is 2.75. The molecule has 0 unspecified atom stereocenters. The second-order valence-corrected chi connectivity index (χ2v) is 11.1. The lowest BCUT2D eigenvalue weighted by Gasteiger charge is -2.57. The molecule has 8 atom stereocenters. The average Bonchev–Trinajstić information content (AvgIpc) is 3.59. The SMILES string of the molecule is C[C@]12CC[C@H]3[C@@H](CCC4=C(C5CC5)C(=O)CC[C@@H]43)[C@@H]1[C@H]1C[C@H]1[C@@]2(O)/C=C\C(=O)O. The fourth-order valence-corrected chi connectivity index (χ4v) is 8.74. The number of hydrogen-bond acceptors (Lipinski definition) is 3. The van der Waals surface area contributed by atoms with Gasteiger partial charge in [-0.25, -0.2) is 4.79 Å². The fraction of sp³-hybridized carbons (Fsp3) is 0.760. The molecule has 6 rings (SSSR count). The lowest BCUT2D eigenvalue weighted by atomic mass is 9.48. The van der Waals surface area contributed by atoms with Gasteiger partial charge in [0.05, 0.1) is 5.60 Å². The van der Waals surface area contributed by atoms with Crippen molar-refractivity contribution < 1.29 is 19.8 Å². The summed E-state index contributed by atoms with van der Waals surface area (Å²) in [7, 11) is 0. The van der Waals surface area contributed by atoms with E-state index in [1.54, 1.807) is 6.08 Å². The van der Waals surface area contributed by atoms with Crippen LogP contribution in [-0.4, -0.2) is 27.6 Å². The number of aliphatic hydroxyl groups is 1. The van der Waals surface area contributed by atoms with Crippen molar-refractivity contribution in [3.8, 4) is 0 Å². The van der Waals surface area contributed by atoms with Crippen LogP contribution in [0.5, 0.6) is 0 Å². The van der Waals surface area contributed by atoms with Crippen LogP contribution in [0.4, 0.5) is 0 Å². The Bertz CT molecular complexity index is 851. The van der Waals surface area contributed by atoms with Crippen LogP contribution in [-0.2, 0) is 9.59 Å². The molecule has 2 N–H and O–H groups in total. The maximum absolute atomic E-state index is 12.6. The van der Waals surface area contributed by atoms with Crippen molar-refractivity contribution in [2.45, 2.75) is 70.3 Å². The first-order valence-corrected chi connectivity index (χ1v) is 11.8. The van der Waals surface area contributed by atoms with Crippen LogP contribution in [0.15, 0.2) is 23.3 Å². The number of fused-ring (bicyclic) bond motifs is 7. The number of carboxylic acid groups (broad SMARTS) is 1. The molecule has 6 aliphatic rings. The van der Waals surface area contributed by atoms with Gasteiger partial charge in [-0.2, -0.15) is 0 Å². The van der Waals surface area contributed by atoms with Gasteiger partial charge in [0.25, 0.3) is 0 Å². The molecule has 0 aliphatic heterocycles. The number of carbonyl (C=O) groups is 2. The molecular weight excluding hydrogens is 364 g/mol. The lowest BCUT2D eigenvalue weighted by molar-refractivity contribution is -0.132.